The van der Waals surface area contributed by atoms with Crippen molar-refractivity contribution in [1.82, 2.24) is 4.31 Å². The quantitative estimate of drug-likeness (QED) is 0.828. The molecule has 1 N–H and O–H groups in total. The number of anilines is 1. The molecular weight excluding hydrogens is 348 g/mol. The molecule has 0 saturated heterocycles. The molecule has 0 aliphatic rings. The van der Waals surface area contributed by atoms with E-state index >= 15 is 0 Å². The molecule has 0 saturated carbocycles. The van der Waals surface area contributed by atoms with Crippen LogP contribution in [-0.4, -0.2) is 31.7 Å². The molecule has 0 aliphatic carbocycles. The zero-order valence-electron chi connectivity index (χ0n) is 15.9. The number of sulfonamides is 1. The number of amides is 1. The van der Waals surface area contributed by atoms with Crippen LogP contribution >= 0.6 is 0 Å². The Morgan fingerprint density at radius 1 is 1.00 bits per heavy atom. The monoisotopic (exact) mass is 374 g/mol. The van der Waals surface area contributed by atoms with Gasteiger partial charge in [-0.3, -0.25) is 4.79 Å². The zero-order valence-corrected chi connectivity index (χ0v) is 16.7. The van der Waals surface area contributed by atoms with Crippen LogP contribution in [0.3, 0.4) is 0 Å². The molecule has 0 heterocycles. The summed E-state index contributed by atoms with van der Waals surface area (Å²) in [4.78, 5) is 12.7. The van der Waals surface area contributed by atoms with Gasteiger partial charge in [0.1, 0.15) is 0 Å². The van der Waals surface area contributed by atoms with Crippen molar-refractivity contribution < 1.29 is 13.2 Å². The second-order valence-corrected chi connectivity index (χ2v) is 8.87. The minimum Gasteiger partial charge on any atom is -0.322 e. The summed E-state index contributed by atoms with van der Waals surface area (Å²) in [5, 5.41) is 2.84. The van der Waals surface area contributed by atoms with Gasteiger partial charge in [0.15, 0.2) is 0 Å². The number of nitrogens with one attached hydrogen (secondary N) is 1. The van der Waals surface area contributed by atoms with E-state index in [4.69, 9.17) is 0 Å². The van der Waals surface area contributed by atoms with E-state index in [1.807, 2.05) is 24.3 Å². The van der Waals surface area contributed by atoms with Gasteiger partial charge in [-0.2, -0.15) is 4.31 Å². The summed E-state index contributed by atoms with van der Waals surface area (Å²) >= 11 is 0. The first-order valence-electron chi connectivity index (χ1n) is 8.62. The normalized spacial score (nSPS) is 12.0. The van der Waals surface area contributed by atoms with Gasteiger partial charge in [-0.25, -0.2) is 8.42 Å². The molecule has 5 nitrogen and oxygen atoms in total. The highest BCUT2D eigenvalue weighted by molar-refractivity contribution is 7.89. The summed E-state index contributed by atoms with van der Waals surface area (Å²) in [7, 11) is -2.10. The smallest absolute Gasteiger partial charge is 0.255 e. The number of rotatable bonds is 6. The fraction of sp³-hybridized carbons (Fsp3) is 0.350. The fourth-order valence-electron chi connectivity index (χ4n) is 2.42. The Bertz CT molecular complexity index is 889. The van der Waals surface area contributed by atoms with E-state index in [1.54, 1.807) is 26.0 Å². The maximum Gasteiger partial charge on any atom is 0.255 e. The molecule has 2 rings (SSSR count). The predicted octanol–water partition coefficient (Wildman–Crippen LogP) is 4.09. The number of hydrogen-bond donors (Lipinski definition) is 1. The molecule has 0 atom stereocenters. The third kappa shape index (κ3) is 4.51. The van der Waals surface area contributed by atoms with Crippen molar-refractivity contribution in [3.8, 4) is 0 Å². The van der Waals surface area contributed by atoms with Crippen LogP contribution < -0.4 is 5.32 Å². The number of carbonyl (C=O) groups excluding carboxylic acids is 1. The van der Waals surface area contributed by atoms with Gasteiger partial charge in [-0.05, 0) is 55.7 Å². The van der Waals surface area contributed by atoms with E-state index in [0.29, 0.717) is 17.2 Å². The lowest BCUT2D eigenvalue weighted by Gasteiger charge is -2.21. The van der Waals surface area contributed by atoms with E-state index in [-0.39, 0.29) is 16.8 Å². The van der Waals surface area contributed by atoms with E-state index in [1.165, 1.54) is 23.5 Å². The Hall–Kier alpha value is -2.18. The molecule has 2 aromatic rings. The van der Waals surface area contributed by atoms with Crippen LogP contribution in [0.1, 0.15) is 49.5 Å². The van der Waals surface area contributed by atoms with Crippen molar-refractivity contribution >= 4 is 21.6 Å². The summed E-state index contributed by atoms with van der Waals surface area (Å²) in [6, 6.07) is 13.6. The average molecular weight is 375 g/mol. The van der Waals surface area contributed by atoms with E-state index in [2.05, 4.69) is 19.2 Å². The van der Waals surface area contributed by atoms with Crippen LogP contribution in [-0.2, 0) is 10.0 Å². The Morgan fingerprint density at radius 2 is 1.65 bits per heavy atom. The van der Waals surface area contributed by atoms with Gasteiger partial charge in [-0.1, -0.05) is 32.0 Å². The molecule has 140 valence electrons. The number of carbonyl (C=O) groups is 1. The van der Waals surface area contributed by atoms with Crippen LogP contribution in [0.5, 0.6) is 0 Å². The minimum absolute atomic E-state index is 0.109. The van der Waals surface area contributed by atoms with Crippen LogP contribution in [0.15, 0.2) is 53.4 Å². The molecule has 0 bridgehead atoms. The Kier molecular flexibility index (Phi) is 6.21. The molecule has 2 aromatic carbocycles. The molecule has 0 spiro atoms. The van der Waals surface area contributed by atoms with E-state index < -0.39 is 10.0 Å². The summed E-state index contributed by atoms with van der Waals surface area (Å²) < 4.78 is 26.5. The topological polar surface area (TPSA) is 66.5 Å². The first-order chi connectivity index (χ1) is 12.1. The summed E-state index contributed by atoms with van der Waals surface area (Å²) in [5.41, 5.74) is 2.12. The molecular formula is C20H26N2O3S. The molecule has 0 aliphatic heterocycles. The second-order valence-electron chi connectivity index (χ2n) is 6.88. The highest BCUT2D eigenvalue weighted by Crippen LogP contribution is 2.21. The Labute approximate surface area is 156 Å². The maximum absolute atomic E-state index is 12.6. The molecule has 0 fully saturated rings. The maximum atomic E-state index is 12.6. The lowest BCUT2D eigenvalue weighted by atomic mass is 10.0. The highest BCUT2D eigenvalue weighted by Gasteiger charge is 2.23. The van der Waals surface area contributed by atoms with E-state index in [0.717, 1.165) is 5.56 Å². The molecule has 26 heavy (non-hydrogen) atoms. The number of nitrogens with zero attached hydrogens (tertiary/aromatic N) is 1. The van der Waals surface area contributed by atoms with Crippen molar-refractivity contribution in [2.45, 2.75) is 44.6 Å². The Morgan fingerprint density at radius 3 is 2.27 bits per heavy atom. The first-order valence-corrected chi connectivity index (χ1v) is 10.1. The van der Waals surface area contributed by atoms with Gasteiger partial charge < -0.3 is 5.32 Å². The molecule has 0 radical (unpaired) electrons. The average Bonchev–Trinajstić information content (AvgIpc) is 2.61. The molecule has 6 heteroatoms. The van der Waals surface area contributed by atoms with Gasteiger partial charge in [0.25, 0.3) is 5.91 Å². The molecule has 0 unspecified atom stereocenters. The van der Waals surface area contributed by atoms with Crippen molar-refractivity contribution in [2.24, 2.45) is 0 Å². The SMILES string of the molecule is CC(C)c1cccc(NC(=O)c2cccc(S(=O)(=O)N(C)C(C)C)c2)c1. The van der Waals surface area contributed by atoms with Crippen LogP contribution in [0.2, 0.25) is 0 Å². The molecule has 1 amide bonds. The van der Waals surface area contributed by atoms with Crippen LogP contribution in [0.25, 0.3) is 0 Å². The van der Waals surface area contributed by atoms with Crippen LogP contribution in [0, 0.1) is 0 Å². The highest BCUT2D eigenvalue weighted by atomic mass is 32.2. The third-order valence-electron chi connectivity index (χ3n) is 4.31. The number of benzene rings is 2. The lowest BCUT2D eigenvalue weighted by Crippen LogP contribution is -2.33. The third-order valence-corrected chi connectivity index (χ3v) is 6.34. The van der Waals surface area contributed by atoms with Gasteiger partial charge in [0.2, 0.25) is 10.0 Å². The number of hydrogen-bond acceptors (Lipinski definition) is 3. The summed E-state index contributed by atoms with van der Waals surface area (Å²) in [6.07, 6.45) is 0. The predicted molar refractivity (Wildman–Crippen MR) is 105 cm³/mol. The summed E-state index contributed by atoms with van der Waals surface area (Å²) in [6.45, 7) is 7.77. The second kappa shape index (κ2) is 8.01. The minimum atomic E-state index is -3.63. The lowest BCUT2D eigenvalue weighted by molar-refractivity contribution is 0.102. The van der Waals surface area contributed by atoms with Gasteiger partial charge >= 0.3 is 0 Å². The fourth-order valence-corrected chi connectivity index (χ4v) is 3.83. The van der Waals surface area contributed by atoms with E-state index in [9.17, 15) is 13.2 Å². The largest absolute Gasteiger partial charge is 0.322 e. The van der Waals surface area contributed by atoms with Gasteiger partial charge in [0.05, 0.1) is 4.90 Å². The summed E-state index contributed by atoms with van der Waals surface area (Å²) in [5.74, 6) is 0.0158. The Balaban J connectivity index is 2.27. The van der Waals surface area contributed by atoms with Crippen molar-refractivity contribution in [3.63, 3.8) is 0 Å². The van der Waals surface area contributed by atoms with Crippen molar-refractivity contribution in [2.75, 3.05) is 12.4 Å². The standard InChI is InChI=1S/C20H26N2O3S/c1-14(2)16-8-6-10-18(12-16)21-20(23)17-9-7-11-19(13-17)26(24,25)22(5)15(3)4/h6-15H,1-5H3,(H,21,23). The van der Waals surface area contributed by atoms with Crippen LogP contribution in [0.4, 0.5) is 5.69 Å². The van der Waals surface area contributed by atoms with Gasteiger partial charge in [0, 0.05) is 24.3 Å². The molecule has 0 aromatic heterocycles. The zero-order chi connectivity index (χ0) is 19.5. The van der Waals surface area contributed by atoms with Crippen molar-refractivity contribution in [1.29, 1.82) is 0 Å². The van der Waals surface area contributed by atoms with Crippen molar-refractivity contribution in [3.05, 3.63) is 59.7 Å². The van der Waals surface area contributed by atoms with Gasteiger partial charge in [-0.15, -0.1) is 0 Å². The first kappa shape index (κ1) is 20.1.